The van der Waals surface area contributed by atoms with Crippen LogP contribution in [-0.4, -0.2) is 131 Å². The first kappa shape index (κ1) is 49.9. The van der Waals surface area contributed by atoms with Crippen molar-refractivity contribution in [2.75, 3.05) is 26.7 Å². The third-order valence-corrected chi connectivity index (χ3v) is 10.4. The Morgan fingerprint density at radius 3 is 1.87 bits per heavy atom. The lowest BCUT2D eigenvalue weighted by Crippen LogP contribution is -2.75. The number of nitrogens with one attached hydrogen (secondary N) is 2. The first-order valence-corrected chi connectivity index (χ1v) is 20.0. The van der Waals surface area contributed by atoms with E-state index in [4.69, 9.17) is 43.1 Å². The monoisotopic (exact) mass is 901 g/mol. The van der Waals surface area contributed by atoms with Crippen molar-refractivity contribution in [3.05, 3.63) is 35.1 Å². The topological polar surface area (TPSA) is 252 Å². The number of hydrogen-bond donors (Lipinski definition) is 4. The summed E-state index contributed by atoms with van der Waals surface area (Å²) in [4.78, 5) is 87.1. The molecule has 1 aromatic carbocycles. The molecule has 5 rings (SSSR count). The van der Waals surface area contributed by atoms with Crippen LogP contribution >= 0.6 is 0 Å². The highest BCUT2D eigenvalue weighted by molar-refractivity contribution is 5.84. The van der Waals surface area contributed by atoms with Gasteiger partial charge >= 0.3 is 36.4 Å². The fraction of sp³-hybridized carbons (Fsp3) is 0.634. The number of likely N-dealkylation sites (tertiary alicyclic amines) is 1. The number of likely N-dealkylation sites (N-methyl/N-ethyl adjacent to an activating group) is 1. The lowest BCUT2D eigenvalue weighted by Gasteiger charge is -2.62. The maximum absolute atomic E-state index is 13.7. The molecule has 2 amide bonds. The molecule has 4 N–H and O–H groups in total. The van der Waals surface area contributed by atoms with Gasteiger partial charge in [-0.15, -0.1) is 0 Å². The second-order valence-corrected chi connectivity index (χ2v) is 17.3. The van der Waals surface area contributed by atoms with E-state index in [0.29, 0.717) is 24.9 Å². The molecule has 1 spiro atoms. The number of nitrogens with zero attached hydrogens (tertiary/aromatic N) is 1. The van der Waals surface area contributed by atoms with Gasteiger partial charge in [0.2, 0.25) is 0 Å². The maximum Gasteiger partial charge on any atom is 0.509 e. The molecule has 0 radical (unpaired) electrons. The Labute approximate surface area is 360 Å². The van der Waals surface area contributed by atoms with E-state index in [2.05, 4.69) is 15.5 Å². The van der Waals surface area contributed by atoms with Crippen molar-refractivity contribution in [2.24, 2.45) is 0 Å². The van der Waals surface area contributed by atoms with Gasteiger partial charge in [-0.05, 0) is 99.5 Å². The number of piperidine rings is 1. The average molecular weight is 902 g/mol. The maximum atomic E-state index is 13.7. The van der Waals surface area contributed by atoms with Crippen LogP contribution in [0.5, 0.6) is 11.5 Å². The molecule has 2 bridgehead atoms. The molecule has 1 aromatic rings. The number of alkyl halides is 3. The number of aliphatic carboxylic acids is 1. The molecule has 6 atom stereocenters. The summed E-state index contributed by atoms with van der Waals surface area (Å²) in [5.74, 6) is -4.97. The fourth-order valence-corrected chi connectivity index (χ4v) is 7.85. The highest BCUT2D eigenvalue weighted by Gasteiger charge is 2.74. The minimum atomic E-state index is -5.08. The van der Waals surface area contributed by atoms with Crippen molar-refractivity contribution in [1.82, 2.24) is 15.5 Å². The fourth-order valence-electron chi connectivity index (χ4n) is 7.85. The molecule has 0 aromatic heterocycles. The van der Waals surface area contributed by atoms with Crippen molar-refractivity contribution in [3.63, 3.8) is 0 Å². The van der Waals surface area contributed by atoms with Gasteiger partial charge in [0.15, 0.2) is 29.8 Å². The molecule has 0 saturated carbocycles. The summed E-state index contributed by atoms with van der Waals surface area (Å²) < 4.78 is 70.9. The number of aromatic hydroxyl groups is 1. The number of hydrogen-bond acceptors (Lipinski definition) is 16. The van der Waals surface area contributed by atoms with Crippen LogP contribution in [0.4, 0.5) is 22.8 Å². The Balaban J connectivity index is 0.00000115. The molecule has 2 aliphatic carbocycles. The SMILES string of the molecule is C[C@H](OC(=O)OC(C)(C)C)C(=O)NCCC(=O)OC1=CC[C@@]2(OC(=O)CCNC(=O)[C@H](C)OC(=O)OC(C)(C)C)[C@H]3Cc4ccc(O)c5c4[C@@]2(CCN3C)[C@H]1O5.O=C(O)C(F)(F)F. The van der Waals surface area contributed by atoms with Gasteiger partial charge in [0.05, 0.1) is 24.3 Å². The number of carboxylic acids is 1. The first-order valence-electron chi connectivity index (χ1n) is 20.0. The van der Waals surface area contributed by atoms with Crippen molar-refractivity contribution in [2.45, 2.75) is 140 Å². The van der Waals surface area contributed by atoms with Crippen molar-refractivity contribution in [3.8, 4) is 11.5 Å². The van der Waals surface area contributed by atoms with Gasteiger partial charge < -0.3 is 54.0 Å². The molecule has 2 heterocycles. The van der Waals surface area contributed by atoms with Crippen LogP contribution in [0.2, 0.25) is 0 Å². The van der Waals surface area contributed by atoms with Crippen molar-refractivity contribution < 1.29 is 90.1 Å². The summed E-state index contributed by atoms with van der Waals surface area (Å²) in [6.45, 7) is 13.1. The van der Waals surface area contributed by atoms with Crippen LogP contribution in [-0.2, 0) is 64.2 Å². The van der Waals surface area contributed by atoms with Crippen LogP contribution < -0.4 is 15.4 Å². The second kappa shape index (κ2) is 18.9. The van der Waals surface area contributed by atoms with Gasteiger partial charge in [-0.1, -0.05) is 6.07 Å². The number of carboxylic acid groups (broad SMARTS) is 1. The van der Waals surface area contributed by atoms with Crippen LogP contribution in [0.1, 0.15) is 92.2 Å². The van der Waals surface area contributed by atoms with Gasteiger partial charge in [0.25, 0.3) is 11.8 Å². The Morgan fingerprint density at radius 2 is 1.38 bits per heavy atom. The number of carbonyl (C=O) groups is 7. The quantitative estimate of drug-likeness (QED) is 0.170. The molecule has 1 saturated heterocycles. The summed E-state index contributed by atoms with van der Waals surface area (Å²) in [5, 5.41) is 23.3. The van der Waals surface area contributed by atoms with E-state index in [1.807, 2.05) is 13.1 Å². The minimum absolute atomic E-state index is 0.104. The number of benzene rings is 1. The zero-order chi connectivity index (χ0) is 47.5. The Kier molecular flexibility index (Phi) is 15.0. The van der Waals surface area contributed by atoms with E-state index in [-0.39, 0.29) is 55.7 Å². The van der Waals surface area contributed by atoms with Gasteiger partial charge in [0, 0.05) is 25.1 Å². The van der Waals surface area contributed by atoms with Crippen LogP contribution in [0.25, 0.3) is 0 Å². The van der Waals surface area contributed by atoms with Crippen molar-refractivity contribution in [1.29, 1.82) is 0 Å². The average Bonchev–Trinajstić information content (AvgIpc) is 3.49. The third kappa shape index (κ3) is 11.6. The number of phenolic OH excluding ortho intramolecular Hbond substituents is 1. The van der Waals surface area contributed by atoms with Crippen LogP contribution in [0.15, 0.2) is 24.0 Å². The predicted octanol–water partition coefficient (Wildman–Crippen LogP) is 4.09. The predicted molar refractivity (Wildman–Crippen MR) is 209 cm³/mol. The molecule has 1 fully saturated rings. The minimum Gasteiger partial charge on any atom is -0.504 e. The zero-order valence-corrected chi connectivity index (χ0v) is 36.4. The molecular weight excluding hydrogens is 847 g/mol. The van der Waals surface area contributed by atoms with Gasteiger partial charge in [0.1, 0.15) is 22.6 Å². The van der Waals surface area contributed by atoms with E-state index in [9.17, 15) is 47.0 Å². The van der Waals surface area contributed by atoms with Crippen LogP contribution in [0, 0.1) is 0 Å². The largest absolute Gasteiger partial charge is 0.509 e. The molecule has 2 aliphatic heterocycles. The standard InChI is InChI=1S/C39H53N3O14.C2HF3O2/c1-21(50-34(48)55-36(3,4)5)32(46)40-17-13-27(44)52-25-12-15-39(54-28(45)14-18-41-33(47)22(2)51-35(49)56-37(6,7)8)26-20-23-10-11-24(43)30-29(23)38(39,31(25)53-30)16-19-42(26)9;3-2(4,5)1(6)7/h10-12,21-22,26,31,43H,13-20H2,1-9H3,(H,40,46)(H,41,47);(H,6,7)/t21-,22-,26+,31-,38-,39+;/m0./s1. The van der Waals surface area contributed by atoms with E-state index >= 15 is 0 Å². The van der Waals surface area contributed by atoms with Gasteiger partial charge in [-0.3, -0.25) is 24.1 Å². The lowest BCUT2D eigenvalue weighted by atomic mass is 9.50. The van der Waals surface area contributed by atoms with E-state index in [1.54, 1.807) is 53.7 Å². The number of carbonyl (C=O) groups excluding carboxylic acids is 6. The summed E-state index contributed by atoms with van der Waals surface area (Å²) in [6, 6.07) is 3.06. The highest BCUT2D eigenvalue weighted by Crippen LogP contribution is 2.66. The molecule has 0 unspecified atom stereocenters. The normalized spacial score (nSPS) is 23.0. The number of ether oxygens (including phenoxy) is 7. The Bertz CT molecular complexity index is 1990. The van der Waals surface area contributed by atoms with E-state index in [1.165, 1.54) is 13.8 Å². The van der Waals surface area contributed by atoms with E-state index < -0.39 is 88.7 Å². The van der Waals surface area contributed by atoms with E-state index in [0.717, 1.165) is 5.56 Å². The summed E-state index contributed by atoms with van der Waals surface area (Å²) in [7, 11) is 1.95. The van der Waals surface area contributed by atoms with Gasteiger partial charge in [-0.2, -0.15) is 13.2 Å². The summed E-state index contributed by atoms with van der Waals surface area (Å²) >= 11 is 0. The van der Waals surface area contributed by atoms with Crippen LogP contribution in [0.3, 0.4) is 0 Å². The molecule has 63 heavy (non-hydrogen) atoms. The zero-order valence-electron chi connectivity index (χ0n) is 36.4. The molecule has 4 aliphatic rings. The number of amides is 2. The molecule has 350 valence electrons. The third-order valence-electron chi connectivity index (χ3n) is 10.4. The molecule has 19 nitrogen and oxygen atoms in total. The summed E-state index contributed by atoms with van der Waals surface area (Å²) in [5.41, 5.74) is -2.25. The number of rotatable bonds is 12. The summed E-state index contributed by atoms with van der Waals surface area (Å²) in [6.07, 6.45) is -8.09. The second-order valence-electron chi connectivity index (χ2n) is 17.3. The smallest absolute Gasteiger partial charge is 0.504 e. The number of phenols is 1. The lowest BCUT2D eigenvalue weighted by molar-refractivity contribution is -0.206. The molecule has 22 heteroatoms. The Morgan fingerprint density at radius 1 is 0.873 bits per heavy atom. The Hall–Kier alpha value is -5.80. The molecular formula is C41H54F3N3O16. The first-order chi connectivity index (χ1) is 29.0. The number of halogens is 3. The highest BCUT2D eigenvalue weighted by atomic mass is 19.4. The number of esters is 2. The van der Waals surface area contributed by atoms with Crippen molar-refractivity contribution >= 4 is 42.0 Å². The van der Waals surface area contributed by atoms with Gasteiger partial charge in [-0.25, -0.2) is 14.4 Å².